The Labute approximate surface area is 153 Å². The number of furan rings is 1. The van der Waals surface area contributed by atoms with Crippen LogP contribution in [0.5, 0.6) is 5.75 Å². The highest BCUT2D eigenvalue weighted by molar-refractivity contribution is 8.01. The van der Waals surface area contributed by atoms with E-state index in [0.29, 0.717) is 11.0 Å². The van der Waals surface area contributed by atoms with Crippen molar-refractivity contribution in [3.8, 4) is 5.75 Å². The summed E-state index contributed by atoms with van der Waals surface area (Å²) in [6, 6.07) is 11.2. The van der Waals surface area contributed by atoms with Gasteiger partial charge < -0.3 is 9.15 Å². The Morgan fingerprint density at radius 3 is 2.88 bits per heavy atom. The van der Waals surface area contributed by atoms with E-state index in [2.05, 4.69) is 4.98 Å². The number of halogens is 1. The molecule has 7 heteroatoms. The lowest BCUT2D eigenvalue weighted by Crippen LogP contribution is -2.29. The van der Waals surface area contributed by atoms with Gasteiger partial charge in [0.25, 0.3) is 0 Å². The number of ether oxygens (including phenoxy) is 1. The molecule has 1 amide bonds. The average Bonchev–Trinajstić information content (AvgIpc) is 3.22. The molecule has 0 aliphatic carbocycles. The van der Waals surface area contributed by atoms with E-state index >= 15 is 0 Å². The number of benzene rings is 1. The van der Waals surface area contributed by atoms with Crippen molar-refractivity contribution in [2.75, 3.05) is 12.0 Å². The van der Waals surface area contributed by atoms with Gasteiger partial charge in [0.05, 0.1) is 24.1 Å². The number of rotatable bonds is 3. The van der Waals surface area contributed by atoms with Gasteiger partial charge in [-0.2, -0.15) is 0 Å². The van der Waals surface area contributed by atoms with E-state index < -0.39 is 0 Å². The molecule has 0 N–H and O–H groups in total. The second kappa shape index (κ2) is 6.28. The number of amides is 1. The van der Waals surface area contributed by atoms with Crippen molar-refractivity contribution in [1.29, 1.82) is 0 Å². The van der Waals surface area contributed by atoms with Gasteiger partial charge in [0.1, 0.15) is 16.3 Å². The number of hydrogen-bond acceptors (Lipinski definition) is 5. The van der Waals surface area contributed by atoms with E-state index in [4.69, 9.17) is 20.8 Å². The summed E-state index contributed by atoms with van der Waals surface area (Å²) in [6.07, 6.45) is 1.56. The molecule has 25 heavy (non-hydrogen) atoms. The molecule has 1 fully saturated rings. The van der Waals surface area contributed by atoms with Gasteiger partial charge in [0, 0.05) is 23.1 Å². The van der Waals surface area contributed by atoms with Crippen LogP contribution in [0, 0.1) is 0 Å². The highest BCUT2D eigenvalue weighted by atomic mass is 35.5. The molecular formula is C18H15ClN2O3S. The van der Waals surface area contributed by atoms with Crippen LogP contribution in [0.3, 0.4) is 0 Å². The predicted molar refractivity (Wildman–Crippen MR) is 99.3 cm³/mol. The van der Waals surface area contributed by atoms with Crippen LogP contribution in [0.15, 0.2) is 47.1 Å². The van der Waals surface area contributed by atoms with Gasteiger partial charge >= 0.3 is 0 Å². The minimum Gasteiger partial charge on any atom is -0.497 e. The Kier molecular flexibility index (Phi) is 4.09. The molecule has 1 aliphatic heterocycles. The monoisotopic (exact) mass is 374 g/mol. The van der Waals surface area contributed by atoms with Gasteiger partial charge in [-0.1, -0.05) is 11.6 Å². The first kappa shape index (κ1) is 16.3. The van der Waals surface area contributed by atoms with Gasteiger partial charge in [-0.05, 0) is 31.2 Å². The lowest BCUT2D eigenvalue weighted by atomic mass is 10.1. The van der Waals surface area contributed by atoms with Crippen molar-refractivity contribution in [3.05, 3.63) is 53.4 Å². The van der Waals surface area contributed by atoms with E-state index in [1.807, 2.05) is 31.2 Å². The molecular weight excluding hydrogens is 360 g/mol. The van der Waals surface area contributed by atoms with Crippen LogP contribution in [0.25, 0.3) is 10.9 Å². The van der Waals surface area contributed by atoms with Crippen LogP contribution >= 0.6 is 23.4 Å². The van der Waals surface area contributed by atoms with Crippen molar-refractivity contribution in [1.82, 2.24) is 4.98 Å². The molecule has 1 aromatic carbocycles. The SMILES string of the molecule is COc1ccc2cc([C@@H]3S[C@H](C)C(=O)N3c3ccco3)c(Cl)nc2c1. The second-order valence-electron chi connectivity index (χ2n) is 5.72. The number of thioether (sulfide) groups is 1. The molecule has 2 atom stereocenters. The lowest BCUT2D eigenvalue weighted by Gasteiger charge is -2.22. The zero-order valence-electron chi connectivity index (χ0n) is 13.6. The number of nitrogens with zero attached hydrogens (tertiary/aromatic N) is 2. The summed E-state index contributed by atoms with van der Waals surface area (Å²) in [6.45, 7) is 1.89. The predicted octanol–water partition coefficient (Wildman–Crippen LogP) is 4.66. The molecule has 0 radical (unpaired) electrons. The normalized spacial score (nSPS) is 20.4. The number of pyridine rings is 1. The summed E-state index contributed by atoms with van der Waals surface area (Å²) < 4.78 is 10.7. The maximum absolute atomic E-state index is 12.6. The van der Waals surface area contributed by atoms with Crippen LogP contribution < -0.4 is 9.64 Å². The number of carbonyl (C=O) groups is 1. The maximum Gasteiger partial charge on any atom is 0.243 e. The standard InChI is InChI=1S/C18H15ClN2O3S/c1-10-17(22)21(15-4-3-7-24-15)18(25-10)13-8-11-5-6-12(23-2)9-14(11)20-16(13)19/h3-10,18H,1-2H3/t10-,18+/m1/s1. The number of carbonyl (C=O) groups excluding carboxylic acids is 1. The third-order valence-electron chi connectivity index (χ3n) is 4.17. The molecule has 3 heterocycles. The van der Waals surface area contributed by atoms with Gasteiger partial charge in [-0.15, -0.1) is 11.8 Å². The Morgan fingerprint density at radius 2 is 2.16 bits per heavy atom. The van der Waals surface area contributed by atoms with Gasteiger partial charge in [0.2, 0.25) is 11.8 Å². The molecule has 128 valence electrons. The number of methoxy groups -OCH3 is 1. The molecule has 1 aliphatic rings. The second-order valence-corrected chi connectivity index (χ2v) is 7.50. The summed E-state index contributed by atoms with van der Waals surface area (Å²) in [5.74, 6) is 1.23. The minimum absolute atomic E-state index is 0.00385. The summed E-state index contributed by atoms with van der Waals surface area (Å²) in [5, 5.41) is 0.849. The van der Waals surface area contributed by atoms with Crippen LogP contribution in [0.1, 0.15) is 17.9 Å². The molecule has 0 spiro atoms. The summed E-state index contributed by atoms with van der Waals surface area (Å²) >= 11 is 8.00. The summed E-state index contributed by atoms with van der Waals surface area (Å²) in [4.78, 5) is 18.8. The molecule has 0 saturated carbocycles. The van der Waals surface area contributed by atoms with Gasteiger partial charge in [0.15, 0.2) is 0 Å². The first-order chi connectivity index (χ1) is 12.1. The average molecular weight is 375 g/mol. The zero-order chi connectivity index (χ0) is 17.6. The molecule has 0 unspecified atom stereocenters. The summed E-state index contributed by atoms with van der Waals surface area (Å²) in [7, 11) is 1.61. The fraction of sp³-hybridized carbons (Fsp3) is 0.222. The van der Waals surface area contributed by atoms with Crippen molar-refractivity contribution in [3.63, 3.8) is 0 Å². The van der Waals surface area contributed by atoms with Crippen LogP contribution in [-0.4, -0.2) is 23.3 Å². The Balaban J connectivity index is 1.82. The quantitative estimate of drug-likeness (QED) is 0.624. The molecule has 1 saturated heterocycles. The van der Waals surface area contributed by atoms with Crippen molar-refractivity contribution < 1.29 is 13.9 Å². The van der Waals surface area contributed by atoms with Crippen LogP contribution in [0.2, 0.25) is 5.15 Å². The topological polar surface area (TPSA) is 55.6 Å². The number of aromatic nitrogens is 1. The Morgan fingerprint density at radius 1 is 1.32 bits per heavy atom. The van der Waals surface area contributed by atoms with E-state index in [0.717, 1.165) is 22.2 Å². The van der Waals surface area contributed by atoms with E-state index in [1.165, 1.54) is 11.8 Å². The van der Waals surface area contributed by atoms with Gasteiger partial charge in [-0.25, -0.2) is 4.98 Å². The number of hydrogen-bond donors (Lipinski definition) is 0. The molecule has 3 aromatic rings. The van der Waals surface area contributed by atoms with Gasteiger partial charge in [-0.3, -0.25) is 9.69 Å². The third kappa shape index (κ3) is 2.75. The first-order valence-electron chi connectivity index (χ1n) is 7.74. The maximum atomic E-state index is 12.6. The van der Waals surface area contributed by atoms with E-state index in [-0.39, 0.29) is 16.5 Å². The Hall–Kier alpha value is -2.18. The van der Waals surface area contributed by atoms with E-state index in [1.54, 1.807) is 30.4 Å². The van der Waals surface area contributed by atoms with E-state index in [9.17, 15) is 4.79 Å². The number of anilines is 1. The smallest absolute Gasteiger partial charge is 0.243 e. The first-order valence-corrected chi connectivity index (χ1v) is 9.07. The minimum atomic E-state index is -0.278. The van der Waals surface area contributed by atoms with Crippen molar-refractivity contribution >= 4 is 46.1 Å². The largest absolute Gasteiger partial charge is 0.497 e. The van der Waals surface area contributed by atoms with Crippen molar-refractivity contribution in [2.45, 2.75) is 17.5 Å². The highest BCUT2D eigenvalue weighted by Crippen LogP contribution is 2.47. The zero-order valence-corrected chi connectivity index (χ0v) is 15.2. The molecule has 0 bridgehead atoms. The van der Waals surface area contributed by atoms with Crippen LogP contribution in [-0.2, 0) is 4.79 Å². The highest BCUT2D eigenvalue weighted by Gasteiger charge is 2.42. The number of fused-ring (bicyclic) bond motifs is 1. The van der Waals surface area contributed by atoms with Crippen molar-refractivity contribution in [2.24, 2.45) is 0 Å². The molecule has 4 rings (SSSR count). The molecule has 2 aromatic heterocycles. The summed E-state index contributed by atoms with van der Waals surface area (Å²) in [5.41, 5.74) is 1.54. The third-order valence-corrected chi connectivity index (χ3v) is 5.80. The van der Waals surface area contributed by atoms with Crippen LogP contribution in [0.4, 0.5) is 5.88 Å². The molecule has 5 nitrogen and oxygen atoms in total. The fourth-order valence-corrected chi connectivity index (χ4v) is 4.49. The lowest BCUT2D eigenvalue weighted by molar-refractivity contribution is -0.117. The Bertz CT molecular complexity index is 945. The fourth-order valence-electron chi connectivity index (χ4n) is 2.91.